The maximum atomic E-state index is 13.1. The zero-order valence-electron chi connectivity index (χ0n) is 16.4. The van der Waals surface area contributed by atoms with Crippen LogP contribution in [0.3, 0.4) is 0 Å². The second-order valence-electron chi connectivity index (χ2n) is 7.06. The number of hydrogen-bond acceptors (Lipinski definition) is 5. The minimum Gasteiger partial charge on any atom is -0.398 e. The molecule has 150 valence electrons. The van der Waals surface area contributed by atoms with E-state index in [0.29, 0.717) is 23.3 Å². The molecule has 0 aliphatic heterocycles. The fraction of sp³-hybridized carbons (Fsp3) is 0.0870. The van der Waals surface area contributed by atoms with Crippen LogP contribution in [0.2, 0.25) is 0 Å². The molecule has 0 bridgehead atoms. The molecule has 0 radical (unpaired) electrons. The van der Waals surface area contributed by atoms with Gasteiger partial charge in [0.15, 0.2) is 0 Å². The minimum absolute atomic E-state index is 0.231. The van der Waals surface area contributed by atoms with Crippen LogP contribution >= 0.6 is 0 Å². The van der Waals surface area contributed by atoms with Crippen molar-refractivity contribution < 1.29 is 8.42 Å². The lowest BCUT2D eigenvalue weighted by atomic mass is 10.1. The van der Waals surface area contributed by atoms with E-state index >= 15 is 0 Å². The van der Waals surface area contributed by atoms with E-state index in [-0.39, 0.29) is 4.90 Å². The van der Waals surface area contributed by atoms with E-state index in [2.05, 4.69) is 6.07 Å². The second-order valence-corrected chi connectivity index (χ2v) is 8.87. The maximum absolute atomic E-state index is 13.1. The van der Waals surface area contributed by atoms with Crippen LogP contribution in [0.15, 0.2) is 83.9 Å². The maximum Gasteiger partial charge on any atom is 0.268 e. The molecule has 1 heterocycles. The van der Waals surface area contributed by atoms with E-state index in [9.17, 15) is 8.42 Å². The number of nitrogen functional groups attached to an aromatic ring is 1. The third-order valence-electron chi connectivity index (χ3n) is 5.06. The van der Waals surface area contributed by atoms with Gasteiger partial charge in [0.1, 0.15) is 6.07 Å². The molecule has 0 saturated carbocycles. The van der Waals surface area contributed by atoms with Crippen molar-refractivity contribution in [3.63, 3.8) is 0 Å². The van der Waals surface area contributed by atoms with Crippen LogP contribution < -0.4 is 10.6 Å². The molecular weight excluding hydrogens is 396 g/mol. The van der Waals surface area contributed by atoms with Gasteiger partial charge in [-0.3, -0.25) is 0 Å². The highest BCUT2D eigenvalue weighted by atomic mass is 32.2. The Morgan fingerprint density at radius 1 is 1.03 bits per heavy atom. The van der Waals surface area contributed by atoms with Gasteiger partial charge < -0.3 is 10.6 Å². The molecule has 6 nitrogen and oxygen atoms in total. The summed E-state index contributed by atoms with van der Waals surface area (Å²) < 4.78 is 27.5. The topological polar surface area (TPSA) is 92.1 Å². The first kappa shape index (κ1) is 19.6. The predicted molar refractivity (Wildman–Crippen MR) is 119 cm³/mol. The largest absolute Gasteiger partial charge is 0.398 e. The molecule has 0 atom stereocenters. The number of nitriles is 1. The second kappa shape index (κ2) is 7.58. The number of nitrogens with zero attached hydrogens (tertiary/aromatic N) is 3. The Hall–Kier alpha value is -3.76. The molecular formula is C23H20N4O2S. The summed E-state index contributed by atoms with van der Waals surface area (Å²) in [7, 11) is -1.77. The minimum atomic E-state index is -3.68. The van der Waals surface area contributed by atoms with Crippen molar-refractivity contribution in [3.05, 3.63) is 90.1 Å². The lowest BCUT2D eigenvalue weighted by molar-refractivity contribution is 0.589. The highest BCUT2D eigenvalue weighted by Gasteiger charge is 2.18. The zero-order chi connectivity index (χ0) is 21.3. The average molecular weight is 417 g/mol. The number of nitrogens with two attached hydrogens (primary N) is 1. The molecule has 0 aliphatic carbocycles. The average Bonchev–Trinajstić information content (AvgIpc) is 3.19. The highest BCUT2D eigenvalue weighted by molar-refractivity contribution is 7.90. The first-order valence-corrected chi connectivity index (χ1v) is 10.8. The fourth-order valence-electron chi connectivity index (χ4n) is 3.39. The third kappa shape index (κ3) is 3.49. The van der Waals surface area contributed by atoms with E-state index in [1.807, 2.05) is 36.2 Å². The van der Waals surface area contributed by atoms with E-state index in [4.69, 9.17) is 11.0 Å². The summed E-state index contributed by atoms with van der Waals surface area (Å²) >= 11 is 0. The molecule has 0 amide bonds. The van der Waals surface area contributed by atoms with Crippen molar-refractivity contribution in [1.82, 2.24) is 3.97 Å². The Morgan fingerprint density at radius 3 is 2.50 bits per heavy atom. The smallest absolute Gasteiger partial charge is 0.268 e. The van der Waals surface area contributed by atoms with Gasteiger partial charge in [-0.15, -0.1) is 0 Å². The van der Waals surface area contributed by atoms with Crippen LogP contribution in [0.4, 0.5) is 11.4 Å². The van der Waals surface area contributed by atoms with Gasteiger partial charge in [-0.25, -0.2) is 12.4 Å². The number of para-hydroxylation sites is 1. The number of fused-ring (bicyclic) bond motifs is 1. The first-order valence-electron chi connectivity index (χ1n) is 9.31. The number of anilines is 2. The van der Waals surface area contributed by atoms with Crippen LogP contribution in [0.1, 0.15) is 11.1 Å². The summed E-state index contributed by atoms with van der Waals surface area (Å²) in [5, 5.41) is 10.0. The molecule has 2 N–H and O–H groups in total. The number of hydrogen-bond donors (Lipinski definition) is 1. The summed E-state index contributed by atoms with van der Waals surface area (Å²) in [5.41, 5.74) is 9.12. The lowest BCUT2D eigenvalue weighted by Gasteiger charge is -2.20. The van der Waals surface area contributed by atoms with Crippen LogP contribution in [0, 0.1) is 11.3 Å². The molecule has 0 saturated heterocycles. The van der Waals surface area contributed by atoms with Gasteiger partial charge in [0.25, 0.3) is 10.0 Å². The SMILES string of the molecule is CN(Cc1ccc(S(=O)(=O)n2ccc3ccccc32)cc1)c1ccc(N)c(C#N)c1. The van der Waals surface area contributed by atoms with Crippen LogP contribution in [0.25, 0.3) is 10.9 Å². The van der Waals surface area contributed by atoms with Gasteiger partial charge in [-0.05, 0) is 48.0 Å². The van der Waals surface area contributed by atoms with Crippen molar-refractivity contribution in [2.45, 2.75) is 11.4 Å². The van der Waals surface area contributed by atoms with Crippen molar-refractivity contribution in [2.24, 2.45) is 0 Å². The summed E-state index contributed by atoms with van der Waals surface area (Å²) in [5.74, 6) is 0. The number of aromatic nitrogens is 1. The van der Waals surface area contributed by atoms with Crippen LogP contribution in [-0.4, -0.2) is 19.4 Å². The van der Waals surface area contributed by atoms with Crippen LogP contribution in [0.5, 0.6) is 0 Å². The van der Waals surface area contributed by atoms with Gasteiger partial charge in [0, 0.05) is 36.6 Å². The standard InChI is InChI=1S/C23H20N4O2S/c1-26(20-8-11-22(25)19(14-20)15-24)16-17-6-9-21(10-7-17)30(28,29)27-13-12-18-4-2-3-5-23(18)27/h2-14H,16,25H2,1H3. The molecule has 7 heteroatoms. The first-order chi connectivity index (χ1) is 14.4. The Labute approximate surface area is 175 Å². The molecule has 0 spiro atoms. The molecule has 30 heavy (non-hydrogen) atoms. The third-order valence-corrected chi connectivity index (χ3v) is 6.77. The molecule has 0 unspecified atom stereocenters. The van der Waals surface area contributed by atoms with Crippen LogP contribution in [-0.2, 0) is 16.6 Å². The predicted octanol–water partition coefficient (Wildman–Crippen LogP) is 3.97. The van der Waals surface area contributed by atoms with Gasteiger partial charge in [0.2, 0.25) is 0 Å². The molecule has 1 aromatic heterocycles. The molecule has 3 aromatic carbocycles. The fourth-order valence-corrected chi connectivity index (χ4v) is 4.74. The Balaban J connectivity index is 1.58. The number of benzene rings is 3. The molecule has 0 aliphatic rings. The van der Waals surface area contributed by atoms with Gasteiger partial charge in [0.05, 0.1) is 16.0 Å². The highest BCUT2D eigenvalue weighted by Crippen LogP contribution is 2.24. The van der Waals surface area contributed by atoms with E-state index in [0.717, 1.165) is 16.6 Å². The summed E-state index contributed by atoms with van der Waals surface area (Å²) in [6.07, 6.45) is 1.58. The van der Waals surface area contributed by atoms with Crippen molar-refractivity contribution in [1.29, 1.82) is 5.26 Å². The lowest BCUT2D eigenvalue weighted by Crippen LogP contribution is -2.17. The van der Waals surface area contributed by atoms with Crippen molar-refractivity contribution in [3.8, 4) is 6.07 Å². The zero-order valence-corrected chi connectivity index (χ0v) is 17.2. The molecule has 0 fully saturated rings. The van der Waals surface area contributed by atoms with E-state index in [1.165, 1.54) is 3.97 Å². The van der Waals surface area contributed by atoms with Crippen molar-refractivity contribution >= 4 is 32.3 Å². The Bertz CT molecular complexity index is 1370. The summed E-state index contributed by atoms with van der Waals surface area (Å²) in [6.45, 7) is 0.557. The Morgan fingerprint density at radius 2 is 1.77 bits per heavy atom. The Kier molecular flexibility index (Phi) is 4.94. The van der Waals surface area contributed by atoms with Crippen molar-refractivity contribution in [2.75, 3.05) is 17.7 Å². The summed E-state index contributed by atoms with van der Waals surface area (Å²) in [4.78, 5) is 2.21. The molecule has 4 aromatic rings. The summed E-state index contributed by atoms with van der Waals surface area (Å²) in [6, 6.07) is 23.4. The normalized spacial score (nSPS) is 11.3. The monoisotopic (exact) mass is 416 g/mol. The van der Waals surface area contributed by atoms with E-state index < -0.39 is 10.0 Å². The van der Waals surface area contributed by atoms with Gasteiger partial charge >= 0.3 is 0 Å². The van der Waals surface area contributed by atoms with Gasteiger partial charge in [-0.2, -0.15) is 5.26 Å². The number of rotatable bonds is 5. The van der Waals surface area contributed by atoms with Gasteiger partial charge in [-0.1, -0.05) is 30.3 Å². The molecule has 4 rings (SSSR count). The van der Waals surface area contributed by atoms with E-state index in [1.54, 1.807) is 54.7 Å². The quantitative estimate of drug-likeness (QED) is 0.497.